The molecule has 0 spiro atoms. The summed E-state index contributed by atoms with van der Waals surface area (Å²) in [5, 5.41) is 0. The molecular weight excluding hydrogens is 275 g/mol. The number of methoxy groups -OCH3 is 1. The fourth-order valence-corrected chi connectivity index (χ4v) is 1.76. The largest absolute Gasteiger partial charge is 0.500 e. The molecule has 1 aromatic rings. The van der Waals surface area contributed by atoms with Gasteiger partial charge < -0.3 is 15.2 Å². The first-order valence-electron chi connectivity index (χ1n) is 5.47. The van der Waals surface area contributed by atoms with Gasteiger partial charge in [0.15, 0.2) is 0 Å². The van der Waals surface area contributed by atoms with Gasteiger partial charge in [0, 0.05) is 0 Å². The number of carbonyl (C=O) groups is 1. The minimum atomic E-state index is -4.50. The first kappa shape index (κ1) is 14.0. The van der Waals surface area contributed by atoms with Crippen molar-refractivity contribution in [2.24, 2.45) is 5.73 Å². The van der Waals surface area contributed by atoms with Gasteiger partial charge in [-0.25, -0.2) is 0 Å². The molecule has 1 aliphatic heterocycles. The number of ketones is 1. The van der Waals surface area contributed by atoms with Crippen LogP contribution in [0.25, 0.3) is 5.57 Å². The van der Waals surface area contributed by atoms with Crippen molar-refractivity contribution in [3.8, 4) is 0 Å². The highest BCUT2D eigenvalue weighted by molar-refractivity contribution is 6.30. The highest BCUT2D eigenvalue weighted by Crippen LogP contribution is 2.34. The summed E-state index contributed by atoms with van der Waals surface area (Å²) >= 11 is 0. The summed E-state index contributed by atoms with van der Waals surface area (Å²) < 4.78 is 47.6. The van der Waals surface area contributed by atoms with Gasteiger partial charge in [0.2, 0.25) is 17.4 Å². The van der Waals surface area contributed by atoms with E-state index in [0.29, 0.717) is 0 Å². The Labute approximate surface area is 112 Å². The molecule has 0 aliphatic carbocycles. The Bertz CT molecular complexity index is 618. The summed E-state index contributed by atoms with van der Waals surface area (Å²) in [4.78, 5) is 12.0. The third-order valence-corrected chi connectivity index (χ3v) is 2.62. The summed E-state index contributed by atoms with van der Waals surface area (Å²) in [5.41, 5.74) is 4.60. The van der Waals surface area contributed by atoms with E-state index in [9.17, 15) is 18.0 Å². The van der Waals surface area contributed by atoms with Gasteiger partial charge in [-0.2, -0.15) is 13.2 Å². The van der Waals surface area contributed by atoms with Gasteiger partial charge in [0.1, 0.15) is 6.26 Å². The van der Waals surface area contributed by atoms with Crippen molar-refractivity contribution >= 4 is 11.4 Å². The van der Waals surface area contributed by atoms with Crippen molar-refractivity contribution in [1.82, 2.24) is 0 Å². The maximum atomic E-state index is 12.7. The average Bonchev–Trinajstić information content (AvgIpc) is 2.64. The molecule has 4 nitrogen and oxygen atoms in total. The third-order valence-electron chi connectivity index (χ3n) is 2.62. The summed E-state index contributed by atoms with van der Waals surface area (Å²) in [6.45, 7) is 0. The Morgan fingerprint density at radius 2 is 2.05 bits per heavy atom. The van der Waals surface area contributed by atoms with Gasteiger partial charge in [0.05, 0.1) is 18.2 Å². The minimum Gasteiger partial charge on any atom is -0.500 e. The van der Waals surface area contributed by atoms with Gasteiger partial charge in [-0.1, -0.05) is 12.1 Å². The van der Waals surface area contributed by atoms with E-state index in [1.54, 1.807) is 0 Å². The standard InChI is InChI=1S/C13H10F3NO3/c1-19-6-9-11(18)10(12(17)20-9)7-3-2-4-8(5-7)13(14,15)16/h2-6H,17H2,1H3. The van der Waals surface area contributed by atoms with Crippen LogP contribution in [0.2, 0.25) is 0 Å². The Kier molecular flexibility index (Phi) is 3.44. The van der Waals surface area contributed by atoms with Crippen molar-refractivity contribution in [2.45, 2.75) is 6.18 Å². The molecule has 0 bridgehead atoms. The number of carbonyl (C=O) groups excluding carboxylic acids is 1. The van der Waals surface area contributed by atoms with E-state index in [1.807, 2.05) is 0 Å². The van der Waals surface area contributed by atoms with E-state index in [0.717, 1.165) is 18.4 Å². The molecule has 0 unspecified atom stereocenters. The normalized spacial score (nSPS) is 17.6. The van der Waals surface area contributed by atoms with Crippen LogP contribution in [0.3, 0.4) is 0 Å². The van der Waals surface area contributed by atoms with Crippen molar-refractivity contribution in [1.29, 1.82) is 0 Å². The van der Waals surface area contributed by atoms with Crippen molar-refractivity contribution in [3.63, 3.8) is 0 Å². The van der Waals surface area contributed by atoms with E-state index < -0.39 is 17.5 Å². The molecule has 20 heavy (non-hydrogen) atoms. The number of rotatable bonds is 2. The van der Waals surface area contributed by atoms with Crippen LogP contribution in [-0.2, 0) is 20.4 Å². The topological polar surface area (TPSA) is 61.6 Å². The fourth-order valence-electron chi connectivity index (χ4n) is 1.76. The number of Topliss-reactive ketones (excluding diaryl/α,β-unsaturated/α-hetero) is 1. The number of ether oxygens (including phenoxy) is 2. The minimum absolute atomic E-state index is 0.0434. The van der Waals surface area contributed by atoms with E-state index >= 15 is 0 Å². The molecule has 0 saturated heterocycles. The molecule has 7 heteroatoms. The summed E-state index contributed by atoms with van der Waals surface area (Å²) in [6, 6.07) is 4.31. The number of alkyl halides is 3. The summed E-state index contributed by atoms with van der Waals surface area (Å²) in [5.74, 6) is -1.04. The lowest BCUT2D eigenvalue weighted by molar-refractivity contribution is -0.137. The van der Waals surface area contributed by atoms with E-state index in [1.165, 1.54) is 19.2 Å². The molecule has 0 fully saturated rings. The maximum absolute atomic E-state index is 12.7. The van der Waals surface area contributed by atoms with E-state index in [-0.39, 0.29) is 22.8 Å². The van der Waals surface area contributed by atoms with Crippen molar-refractivity contribution in [3.05, 3.63) is 53.3 Å². The van der Waals surface area contributed by atoms with E-state index in [4.69, 9.17) is 10.5 Å². The number of halogens is 3. The molecule has 2 rings (SSSR count). The molecule has 0 atom stereocenters. The predicted octanol–water partition coefficient (Wildman–Crippen LogP) is 2.42. The van der Waals surface area contributed by atoms with Gasteiger partial charge in [0.25, 0.3) is 0 Å². The monoisotopic (exact) mass is 285 g/mol. The van der Waals surface area contributed by atoms with Gasteiger partial charge in [-0.3, -0.25) is 4.79 Å². The predicted molar refractivity (Wildman–Crippen MR) is 63.7 cm³/mol. The molecule has 1 aliphatic rings. The molecular formula is C13H10F3NO3. The van der Waals surface area contributed by atoms with Crippen LogP contribution in [-0.4, -0.2) is 12.9 Å². The zero-order valence-electron chi connectivity index (χ0n) is 10.3. The number of allylic oxidation sites excluding steroid dienone is 1. The van der Waals surface area contributed by atoms with Crippen LogP contribution < -0.4 is 5.73 Å². The van der Waals surface area contributed by atoms with Crippen LogP contribution in [0, 0.1) is 0 Å². The average molecular weight is 285 g/mol. The van der Waals surface area contributed by atoms with Gasteiger partial charge >= 0.3 is 6.18 Å². The third kappa shape index (κ3) is 2.47. The second-order valence-corrected chi connectivity index (χ2v) is 3.97. The molecule has 1 heterocycles. The van der Waals surface area contributed by atoms with E-state index in [2.05, 4.69) is 4.74 Å². The van der Waals surface area contributed by atoms with Crippen LogP contribution in [0.5, 0.6) is 0 Å². The quantitative estimate of drug-likeness (QED) is 0.669. The number of hydrogen-bond acceptors (Lipinski definition) is 4. The SMILES string of the molecule is COC=C1OC(N)=C(c2cccc(C(F)(F)F)c2)C1=O. The summed E-state index contributed by atoms with van der Waals surface area (Å²) in [6.07, 6.45) is -3.46. The van der Waals surface area contributed by atoms with Gasteiger partial charge in [-0.05, 0) is 17.7 Å². The highest BCUT2D eigenvalue weighted by atomic mass is 19.4. The van der Waals surface area contributed by atoms with Crippen LogP contribution in [0.1, 0.15) is 11.1 Å². The van der Waals surface area contributed by atoms with Gasteiger partial charge in [-0.15, -0.1) is 0 Å². The lowest BCUT2D eigenvalue weighted by Crippen LogP contribution is -2.07. The molecule has 0 amide bonds. The summed E-state index contributed by atoms with van der Waals surface area (Å²) in [7, 11) is 1.31. The molecule has 0 saturated carbocycles. The maximum Gasteiger partial charge on any atom is 0.416 e. The zero-order valence-corrected chi connectivity index (χ0v) is 10.3. The first-order valence-corrected chi connectivity index (χ1v) is 5.47. The molecule has 0 radical (unpaired) electrons. The highest BCUT2D eigenvalue weighted by Gasteiger charge is 2.34. The van der Waals surface area contributed by atoms with Crippen LogP contribution in [0.4, 0.5) is 13.2 Å². The van der Waals surface area contributed by atoms with Crippen LogP contribution >= 0.6 is 0 Å². The van der Waals surface area contributed by atoms with Crippen molar-refractivity contribution < 1.29 is 27.4 Å². The molecule has 2 N–H and O–H groups in total. The second-order valence-electron chi connectivity index (χ2n) is 3.97. The molecule has 106 valence electrons. The Morgan fingerprint density at radius 3 is 2.65 bits per heavy atom. The van der Waals surface area contributed by atoms with Crippen molar-refractivity contribution in [2.75, 3.05) is 7.11 Å². The molecule has 0 aromatic heterocycles. The molecule has 1 aromatic carbocycles. The lowest BCUT2D eigenvalue weighted by atomic mass is 10.0. The number of nitrogens with two attached hydrogens (primary N) is 1. The Hall–Kier alpha value is -2.44. The Balaban J connectivity index is 2.45. The lowest BCUT2D eigenvalue weighted by Gasteiger charge is -2.08. The first-order chi connectivity index (χ1) is 9.34. The number of hydrogen-bond donors (Lipinski definition) is 1. The number of benzene rings is 1. The smallest absolute Gasteiger partial charge is 0.416 e. The van der Waals surface area contributed by atoms with Crippen LogP contribution in [0.15, 0.2) is 42.2 Å². The second kappa shape index (κ2) is 4.92. The zero-order chi connectivity index (χ0) is 14.9. The Morgan fingerprint density at radius 1 is 1.35 bits per heavy atom. The fraction of sp³-hybridized carbons (Fsp3) is 0.154.